The number of benzene rings is 2. The van der Waals surface area contributed by atoms with Gasteiger partial charge in [-0.3, -0.25) is 4.57 Å². The van der Waals surface area contributed by atoms with Gasteiger partial charge in [0.05, 0.1) is 6.33 Å². The minimum atomic E-state index is -0.817. The van der Waals surface area contributed by atoms with Crippen LogP contribution in [0.5, 0.6) is 0 Å². The van der Waals surface area contributed by atoms with Crippen LogP contribution in [0.2, 0.25) is 0 Å². The van der Waals surface area contributed by atoms with Crippen molar-refractivity contribution in [1.82, 2.24) is 19.5 Å². The van der Waals surface area contributed by atoms with Crippen LogP contribution in [0.15, 0.2) is 67.3 Å². The molecule has 0 saturated carbocycles. The first kappa shape index (κ1) is 22.7. The summed E-state index contributed by atoms with van der Waals surface area (Å²) in [5.41, 5.74) is 2.17. The summed E-state index contributed by atoms with van der Waals surface area (Å²) in [6.07, 6.45) is 4.57. The number of nitrogens with one attached hydrogen (secondary N) is 1. The fourth-order valence-corrected chi connectivity index (χ4v) is 4.59. The number of rotatable bonds is 5. The summed E-state index contributed by atoms with van der Waals surface area (Å²) < 4.78 is 47.9. The average molecular weight is 491 g/mol. The predicted octanol–water partition coefficient (Wildman–Crippen LogP) is 4.98. The number of fused-ring (bicyclic) bond motifs is 2. The number of imidazole rings is 1. The van der Waals surface area contributed by atoms with Crippen molar-refractivity contribution in [2.75, 3.05) is 5.32 Å². The van der Waals surface area contributed by atoms with Crippen molar-refractivity contribution < 1.29 is 23.0 Å². The lowest BCUT2D eigenvalue weighted by Crippen LogP contribution is -2.28. The van der Waals surface area contributed by atoms with E-state index in [9.17, 15) is 8.78 Å². The molecule has 0 spiro atoms. The van der Waals surface area contributed by atoms with E-state index in [-0.39, 0.29) is 11.6 Å². The summed E-state index contributed by atoms with van der Waals surface area (Å²) in [6, 6.07) is 12.5. The van der Waals surface area contributed by atoms with Gasteiger partial charge in [-0.05, 0) is 44.2 Å². The number of anilines is 2. The Labute approximate surface area is 205 Å². The molecule has 184 valence electrons. The second-order valence-electron chi connectivity index (χ2n) is 9.11. The normalized spacial score (nSPS) is 25.0. The van der Waals surface area contributed by atoms with Crippen LogP contribution in [0.3, 0.4) is 0 Å². The van der Waals surface area contributed by atoms with Crippen LogP contribution < -0.4 is 5.32 Å². The van der Waals surface area contributed by atoms with E-state index in [2.05, 4.69) is 20.3 Å². The summed E-state index contributed by atoms with van der Waals surface area (Å²) in [5, 5.41) is 3.15. The fraction of sp³-hybridized carbons (Fsp3) is 0.269. The minimum Gasteiger partial charge on any atom is -0.345 e. The molecule has 2 fully saturated rings. The highest BCUT2D eigenvalue weighted by Crippen LogP contribution is 2.44. The van der Waals surface area contributed by atoms with Crippen LogP contribution in [0.4, 0.5) is 20.3 Å². The predicted molar refractivity (Wildman–Crippen MR) is 128 cm³/mol. The van der Waals surface area contributed by atoms with Crippen LogP contribution in [0.25, 0.3) is 17.2 Å². The maximum Gasteiger partial charge on any atom is 0.167 e. The van der Waals surface area contributed by atoms with Gasteiger partial charge in [0.25, 0.3) is 0 Å². The Kier molecular flexibility index (Phi) is 5.51. The molecule has 2 saturated heterocycles. The van der Waals surface area contributed by atoms with E-state index in [0.717, 1.165) is 0 Å². The quantitative estimate of drug-likeness (QED) is 0.422. The van der Waals surface area contributed by atoms with E-state index in [1.807, 2.05) is 13.8 Å². The molecule has 0 bridgehead atoms. The molecule has 2 aliphatic rings. The molecule has 36 heavy (non-hydrogen) atoms. The lowest BCUT2D eigenvalue weighted by molar-refractivity contribution is -0.191. The zero-order valence-corrected chi connectivity index (χ0v) is 19.5. The molecule has 10 heteroatoms. The molecule has 8 nitrogen and oxygen atoms in total. The van der Waals surface area contributed by atoms with Crippen molar-refractivity contribution in [2.24, 2.45) is 0 Å². The SMILES string of the molecule is CC1(C)O[C@H]2[C@H](O1)[C@@H](C=Cc1ccccc1F)O[C@H]2n1cnc2c(Nc3ccc(F)cc3)ncnc21. The van der Waals surface area contributed by atoms with E-state index in [4.69, 9.17) is 14.2 Å². The summed E-state index contributed by atoms with van der Waals surface area (Å²) >= 11 is 0. The van der Waals surface area contributed by atoms with E-state index in [1.54, 1.807) is 53.4 Å². The Bertz CT molecular complexity index is 1440. The number of aromatic nitrogens is 4. The number of ether oxygens (including phenoxy) is 3. The van der Waals surface area contributed by atoms with Gasteiger partial charge in [0.1, 0.15) is 36.3 Å². The van der Waals surface area contributed by atoms with E-state index >= 15 is 0 Å². The van der Waals surface area contributed by atoms with Gasteiger partial charge in [0, 0.05) is 11.3 Å². The summed E-state index contributed by atoms with van der Waals surface area (Å²) in [5.74, 6) is -0.990. The number of hydrogen-bond donors (Lipinski definition) is 1. The molecule has 4 heterocycles. The second-order valence-corrected chi connectivity index (χ2v) is 9.11. The molecular weight excluding hydrogens is 468 g/mol. The highest BCUT2D eigenvalue weighted by atomic mass is 19.1. The Hall–Kier alpha value is -3.73. The zero-order chi connectivity index (χ0) is 24.9. The van der Waals surface area contributed by atoms with E-state index < -0.39 is 30.3 Å². The van der Waals surface area contributed by atoms with Gasteiger partial charge < -0.3 is 19.5 Å². The number of halogens is 2. The topological polar surface area (TPSA) is 83.3 Å². The molecule has 2 aliphatic heterocycles. The fourth-order valence-electron chi connectivity index (χ4n) is 4.59. The molecular formula is C26H23F2N5O3. The Morgan fingerprint density at radius 2 is 1.75 bits per heavy atom. The van der Waals surface area contributed by atoms with Gasteiger partial charge in [-0.25, -0.2) is 23.7 Å². The van der Waals surface area contributed by atoms with E-state index in [0.29, 0.717) is 28.2 Å². The van der Waals surface area contributed by atoms with Crippen molar-refractivity contribution in [2.45, 2.75) is 44.2 Å². The van der Waals surface area contributed by atoms with Crippen LogP contribution in [0.1, 0.15) is 25.6 Å². The van der Waals surface area contributed by atoms with Crippen molar-refractivity contribution in [3.05, 3.63) is 84.5 Å². The highest BCUT2D eigenvalue weighted by molar-refractivity contribution is 5.85. The lowest BCUT2D eigenvalue weighted by Gasteiger charge is -2.24. The third-order valence-electron chi connectivity index (χ3n) is 6.18. The van der Waals surface area contributed by atoms with Crippen molar-refractivity contribution in [3.63, 3.8) is 0 Å². The van der Waals surface area contributed by atoms with Crippen molar-refractivity contribution in [1.29, 1.82) is 0 Å². The van der Waals surface area contributed by atoms with Crippen LogP contribution in [-0.2, 0) is 14.2 Å². The largest absolute Gasteiger partial charge is 0.345 e. The number of hydrogen-bond acceptors (Lipinski definition) is 7. The van der Waals surface area contributed by atoms with Crippen molar-refractivity contribution in [3.8, 4) is 0 Å². The second kappa shape index (κ2) is 8.74. The zero-order valence-electron chi connectivity index (χ0n) is 19.5. The molecule has 4 aromatic rings. The summed E-state index contributed by atoms with van der Waals surface area (Å²) in [4.78, 5) is 13.2. The Morgan fingerprint density at radius 1 is 0.972 bits per heavy atom. The molecule has 6 rings (SSSR count). The van der Waals surface area contributed by atoms with Crippen LogP contribution >= 0.6 is 0 Å². The van der Waals surface area contributed by atoms with Gasteiger partial charge in [0.15, 0.2) is 29.0 Å². The van der Waals surface area contributed by atoms with Crippen LogP contribution in [-0.4, -0.2) is 43.6 Å². The maximum absolute atomic E-state index is 14.1. The smallest absolute Gasteiger partial charge is 0.167 e. The summed E-state index contributed by atoms with van der Waals surface area (Å²) in [7, 11) is 0. The van der Waals surface area contributed by atoms with Gasteiger partial charge in [0.2, 0.25) is 0 Å². The third kappa shape index (κ3) is 4.13. The van der Waals surface area contributed by atoms with E-state index in [1.165, 1.54) is 24.5 Å². The van der Waals surface area contributed by atoms with Crippen molar-refractivity contribution >= 4 is 28.7 Å². The van der Waals surface area contributed by atoms with Crippen LogP contribution in [0, 0.1) is 11.6 Å². The first-order valence-electron chi connectivity index (χ1n) is 11.5. The third-order valence-corrected chi connectivity index (χ3v) is 6.18. The summed E-state index contributed by atoms with van der Waals surface area (Å²) in [6.45, 7) is 3.69. The molecule has 1 N–H and O–H groups in total. The number of nitrogens with zero attached hydrogens (tertiary/aromatic N) is 4. The van der Waals surface area contributed by atoms with Gasteiger partial charge in [-0.1, -0.05) is 30.4 Å². The average Bonchev–Trinajstić information content (AvgIpc) is 3.51. The standard InChI is InChI=1S/C26H23F2N5O3/c1-26(2)35-21-19(12-7-15-5-3-4-6-18(15)28)34-25(22(21)36-26)33-14-31-20-23(29-13-30-24(20)33)32-17-10-8-16(27)9-11-17/h3-14,19,21-22,25H,1-2H3,(H,29,30,32)/t19-,21-,22+,25-/m1/s1. The molecule has 0 amide bonds. The Morgan fingerprint density at radius 3 is 2.56 bits per heavy atom. The first-order valence-corrected chi connectivity index (χ1v) is 11.5. The molecule has 0 aliphatic carbocycles. The minimum absolute atomic E-state index is 0.317. The molecule has 4 atom stereocenters. The van der Waals surface area contributed by atoms with Gasteiger partial charge in [-0.15, -0.1) is 0 Å². The monoisotopic (exact) mass is 491 g/mol. The Balaban J connectivity index is 1.32. The molecule has 2 aromatic heterocycles. The molecule has 0 radical (unpaired) electrons. The molecule has 2 aromatic carbocycles. The lowest BCUT2D eigenvalue weighted by atomic mass is 10.1. The van der Waals surface area contributed by atoms with Gasteiger partial charge in [-0.2, -0.15) is 0 Å². The maximum atomic E-state index is 14.1. The molecule has 0 unspecified atom stereocenters. The van der Waals surface area contributed by atoms with Gasteiger partial charge >= 0.3 is 0 Å². The first-order chi connectivity index (χ1) is 17.4. The highest BCUT2D eigenvalue weighted by Gasteiger charge is 2.55.